The largest absolute Gasteiger partial charge is 0.490 e. The lowest BCUT2D eigenvalue weighted by Gasteiger charge is -2.15. The third-order valence-corrected chi connectivity index (χ3v) is 4.51. The molecule has 0 bridgehead atoms. The fraction of sp³-hybridized carbons (Fsp3) is 0.100. The molecule has 0 saturated carbocycles. The van der Waals surface area contributed by atoms with Gasteiger partial charge in [0, 0.05) is 23.7 Å². The minimum absolute atomic E-state index is 0.132. The smallest absolute Gasteiger partial charge is 0.277 e. The highest BCUT2D eigenvalue weighted by molar-refractivity contribution is 7.13. The molecule has 25 heavy (non-hydrogen) atoms. The van der Waals surface area contributed by atoms with Crippen LogP contribution in [0.5, 0.6) is 5.75 Å². The summed E-state index contributed by atoms with van der Waals surface area (Å²) in [6, 6.07) is 17.2. The highest BCUT2D eigenvalue weighted by Gasteiger charge is 2.17. The predicted molar refractivity (Wildman–Crippen MR) is 102 cm³/mol. The van der Waals surface area contributed by atoms with Gasteiger partial charge in [-0.2, -0.15) is 0 Å². The van der Waals surface area contributed by atoms with E-state index in [-0.39, 0.29) is 5.91 Å². The van der Waals surface area contributed by atoms with E-state index in [0.29, 0.717) is 12.3 Å². The van der Waals surface area contributed by atoms with Crippen molar-refractivity contribution in [1.29, 1.82) is 0 Å². The van der Waals surface area contributed by atoms with E-state index in [4.69, 9.17) is 4.74 Å². The summed E-state index contributed by atoms with van der Waals surface area (Å²) in [4.78, 5) is 18.7. The summed E-state index contributed by atoms with van der Waals surface area (Å²) in [6.45, 7) is 4.09. The van der Waals surface area contributed by atoms with Crippen molar-refractivity contribution in [3.8, 4) is 16.3 Å². The van der Waals surface area contributed by atoms with Crippen LogP contribution < -0.4 is 9.64 Å². The number of carbonyl (C=O) groups is 1. The summed E-state index contributed by atoms with van der Waals surface area (Å²) < 4.78 is 5.55. The number of amides is 1. The van der Waals surface area contributed by atoms with Gasteiger partial charge < -0.3 is 9.64 Å². The van der Waals surface area contributed by atoms with E-state index in [1.54, 1.807) is 23.4 Å². The maximum Gasteiger partial charge on any atom is 0.277 e. The Balaban J connectivity index is 1.80. The fourth-order valence-corrected chi connectivity index (χ4v) is 3.11. The minimum Gasteiger partial charge on any atom is -0.490 e. The number of para-hydroxylation sites is 1. The van der Waals surface area contributed by atoms with E-state index < -0.39 is 0 Å². The molecule has 0 unspecified atom stereocenters. The van der Waals surface area contributed by atoms with Crippen LogP contribution in [0.15, 0.2) is 72.6 Å². The van der Waals surface area contributed by atoms with Gasteiger partial charge in [0.15, 0.2) is 0 Å². The molecular weight excluding hydrogens is 332 g/mol. The Bertz CT molecular complexity index is 874. The Labute approximate surface area is 151 Å². The molecule has 0 aliphatic heterocycles. The molecule has 1 heterocycles. The van der Waals surface area contributed by atoms with Crippen molar-refractivity contribution in [2.75, 3.05) is 18.6 Å². The normalized spacial score (nSPS) is 10.3. The van der Waals surface area contributed by atoms with Crippen LogP contribution in [0.2, 0.25) is 0 Å². The number of benzene rings is 2. The van der Waals surface area contributed by atoms with Crippen molar-refractivity contribution < 1.29 is 9.53 Å². The highest BCUT2D eigenvalue weighted by atomic mass is 32.1. The van der Waals surface area contributed by atoms with Gasteiger partial charge in [-0.25, -0.2) is 4.98 Å². The van der Waals surface area contributed by atoms with Gasteiger partial charge >= 0.3 is 0 Å². The number of nitrogens with zero attached hydrogens (tertiary/aromatic N) is 2. The van der Waals surface area contributed by atoms with Crippen LogP contribution in [0.4, 0.5) is 5.69 Å². The molecule has 4 nitrogen and oxygen atoms in total. The van der Waals surface area contributed by atoms with Crippen molar-refractivity contribution in [2.24, 2.45) is 0 Å². The average molecular weight is 350 g/mol. The van der Waals surface area contributed by atoms with Gasteiger partial charge in [0.05, 0.1) is 0 Å². The van der Waals surface area contributed by atoms with E-state index in [1.807, 2.05) is 54.6 Å². The zero-order chi connectivity index (χ0) is 17.6. The Kier molecular flexibility index (Phi) is 5.26. The van der Waals surface area contributed by atoms with Crippen molar-refractivity contribution in [2.45, 2.75) is 0 Å². The molecule has 5 heteroatoms. The third-order valence-electron chi connectivity index (χ3n) is 3.62. The van der Waals surface area contributed by atoms with E-state index in [2.05, 4.69) is 11.6 Å². The number of hydrogen-bond donors (Lipinski definition) is 0. The zero-order valence-electron chi connectivity index (χ0n) is 13.9. The van der Waals surface area contributed by atoms with Crippen LogP contribution in [0.1, 0.15) is 10.5 Å². The minimum atomic E-state index is -0.132. The second kappa shape index (κ2) is 7.77. The standard InChI is InChI=1S/C20H18N2O2S/c1-3-12-24-17-11-7-8-15(13-17)19-21-18(14-25-19)20(23)22(2)16-9-5-4-6-10-16/h3-11,13-14H,1,12H2,2H3. The molecule has 1 aromatic heterocycles. The van der Waals surface area contributed by atoms with E-state index in [0.717, 1.165) is 22.0 Å². The van der Waals surface area contributed by atoms with Crippen LogP contribution in [0.3, 0.4) is 0 Å². The molecule has 0 N–H and O–H groups in total. The first kappa shape index (κ1) is 16.9. The van der Waals surface area contributed by atoms with Crippen LogP contribution in [0, 0.1) is 0 Å². The lowest BCUT2D eigenvalue weighted by Crippen LogP contribution is -2.26. The number of thiazole rings is 1. The molecule has 126 valence electrons. The molecule has 0 fully saturated rings. The Morgan fingerprint density at radius 1 is 1.24 bits per heavy atom. The molecule has 0 atom stereocenters. The first-order valence-corrected chi connectivity index (χ1v) is 8.70. The summed E-state index contributed by atoms with van der Waals surface area (Å²) >= 11 is 1.44. The number of anilines is 1. The van der Waals surface area contributed by atoms with E-state index in [1.165, 1.54) is 11.3 Å². The van der Waals surface area contributed by atoms with Crippen LogP contribution in [-0.2, 0) is 0 Å². The van der Waals surface area contributed by atoms with Gasteiger partial charge in [0.2, 0.25) is 0 Å². The number of aromatic nitrogens is 1. The molecule has 0 saturated heterocycles. The summed E-state index contributed by atoms with van der Waals surface area (Å²) in [6.07, 6.45) is 1.70. The lowest BCUT2D eigenvalue weighted by molar-refractivity contribution is 0.0989. The van der Waals surface area contributed by atoms with Gasteiger partial charge in [-0.05, 0) is 24.3 Å². The SMILES string of the molecule is C=CCOc1cccc(-c2nc(C(=O)N(C)c3ccccc3)cs2)c1. The maximum atomic E-state index is 12.6. The summed E-state index contributed by atoms with van der Waals surface area (Å²) in [5.41, 5.74) is 2.19. The van der Waals surface area contributed by atoms with Crippen molar-refractivity contribution in [3.05, 3.63) is 78.3 Å². The molecule has 3 rings (SSSR count). The molecule has 1 amide bonds. The Morgan fingerprint density at radius 3 is 2.80 bits per heavy atom. The zero-order valence-corrected chi connectivity index (χ0v) is 14.7. The fourth-order valence-electron chi connectivity index (χ4n) is 2.32. The van der Waals surface area contributed by atoms with E-state index >= 15 is 0 Å². The van der Waals surface area contributed by atoms with Crippen LogP contribution in [-0.4, -0.2) is 24.5 Å². The predicted octanol–water partition coefficient (Wildman–Crippen LogP) is 4.65. The number of carbonyl (C=O) groups excluding carboxylic acids is 1. The first-order chi connectivity index (χ1) is 12.2. The molecular formula is C20H18N2O2S. The first-order valence-electron chi connectivity index (χ1n) is 7.82. The third kappa shape index (κ3) is 3.95. The van der Waals surface area contributed by atoms with Crippen LogP contribution >= 0.6 is 11.3 Å². The van der Waals surface area contributed by atoms with Gasteiger partial charge in [0.25, 0.3) is 5.91 Å². The molecule has 0 aliphatic rings. The van der Waals surface area contributed by atoms with Gasteiger partial charge in [-0.3, -0.25) is 4.79 Å². The molecule has 0 aliphatic carbocycles. The second-order valence-electron chi connectivity index (χ2n) is 5.37. The Morgan fingerprint density at radius 2 is 2.04 bits per heavy atom. The molecule has 0 radical (unpaired) electrons. The van der Waals surface area contributed by atoms with Gasteiger partial charge in [-0.1, -0.05) is 43.0 Å². The van der Waals surface area contributed by atoms with Crippen molar-refractivity contribution >= 4 is 22.9 Å². The molecule has 3 aromatic rings. The topological polar surface area (TPSA) is 42.4 Å². The van der Waals surface area contributed by atoms with Crippen molar-refractivity contribution in [3.63, 3.8) is 0 Å². The van der Waals surface area contributed by atoms with Gasteiger partial charge in [0.1, 0.15) is 23.1 Å². The van der Waals surface area contributed by atoms with E-state index in [9.17, 15) is 4.79 Å². The number of hydrogen-bond acceptors (Lipinski definition) is 4. The molecule has 0 spiro atoms. The lowest BCUT2D eigenvalue weighted by atomic mass is 10.2. The van der Waals surface area contributed by atoms with Crippen molar-refractivity contribution in [1.82, 2.24) is 4.98 Å². The second-order valence-corrected chi connectivity index (χ2v) is 6.22. The van der Waals surface area contributed by atoms with Crippen LogP contribution in [0.25, 0.3) is 10.6 Å². The summed E-state index contributed by atoms with van der Waals surface area (Å²) in [7, 11) is 1.75. The Hall–Kier alpha value is -2.92. The number of rotatable bonds is 6. The number of ether oxygens (including phenoxy) is 1. The quantitative estimate of drug-likeness (QED) is 0.608. The highest BCUT2D eigenvalue weighted by Crippen LogP contribution is 2.28. The monoisotopic (exact) mass is 350 g/mol. The average Bonchev–Trinajstić information content (AvgIpc) is 3.16. The maximum absolute atomic E-state index is 12.6. The summed E-state index contributed by atoms with van der Waals surface area (Å²) in [5, 5.41) is 2.57. The molecule has 2 aromatic carbocycles. The van der Waals surface area contributed by atoms with Gasteiger partial charge in [-0.15, -0.1) is 11.3 Å². The summed E-state index contributed by atoms with van der Waals surface area (Å²) in [5.74, 6) is 0.620.